The van der Waals surface area contributed by atoms with Crippen LogP contribution in [0.2, 0.25) is 0 Å². The maximum atomic E-state index is 14.7. The third-order valence-electron chi connectivity index (χ3n) is 5.64. The van der Waals surface area contributed by atoms with E-state index in [2.05, 4.69) is 30.7 Å². The van der Waals surface area contributed by atoms with E-state index in [1.807, 2.05) is 76.2 Å². The van der Waals surface area contributed by atoms with E-state index in [0.717, 1.165) is 22.3 Å². The molecule has 0 aliphatic rings. The molecular formula is C25H29F2N7. The van der Waals surface area contributed by atoms with Crippen molar-refractivity contribution in [3.63, 3.8) is 0 Å². The number of rotatable bonds is 8. The van der Waals surface area contributed by atoms with Crippen LogP contribution in [0.15, 0.2) is 48.5 Å². The van der Waals surface area contributed by atoms with Crippen LogP contribution in [-0.4, -0.2) is 35.4 Å². The molecule has 0 spiro atoms. The predicted octanol–water partition coefficient (Wildman–Crippen LogP) is 5.75. The fourth-order valence-electron chi connectivity index (χ4n) is 3.86. The van der Waals surface area contributed by atoms with Crippen molar-refractivity contribution >= 4 is 0 Å². The summed E-state index contributed by atoms with van der Waals surface area (Å²) in [6, 6.07) is 15.8. The lowest BCUT2D eigenvalue weighted by molar-refractivity contribution is -0.0249. The van der Waals surface area contributed by atoms with E-state index in [4.69, 9.17) is 0 Å². The zero-order valence-electron chi connectivity index (χ0n) is 19.9. The van der Waals surface area contributed by atoms with Crippen LogP contribution >= 0.6 is 0 Å². The quantitative estimate of drug-likeness (QED) is 0.358. The number of benzene rings is 2. The molecule has 0 fully saturated rings. The fraction of sp³-hybridized carbons (Fsp3) is 0.400. The van der Waals surface area contributed by atoms with E-state index in [-0.39, 0.29) is 6.42 Å². The molecule has 0 atom stereocenters. The monoisotopic (exact) mass is 465 g/mol. The van der Waals surface area contributed by atoms with Crippen LogP contribution in [0.25, 0.3) is 22.5 Å². The van der Waals surface area contributed by atoms with Crippen LogP contribution in [0, 0.1) is 0 Å². The average Bonchev–Trinajstić information content (AvgIpc) is 3.49. The number of halogens is 2. The normalized spacial score (nSPS) is 12.3. The van der Waals surface area contributed by atoms with Crippen LogP contribution in [0.5, 0.6) is 0 Å². The Morgan fingerprint density at radius 1 is 0.971 bits per heavy atom. The number of aromatic nitrogens is 7. The van der Waals surface area contributed by atoms with Gasteiger partial charge in [0.05, 0.1) is 5.54 Å². The summed E-state index contributed by atoms with van der Waals surface area (Å²) in [5.41, 5.74) is 3.38. The summed E-state index contributed by atoms with van der Waals surface area (Å²) >= 11 is 0. The molecule has 178 valence electrons. The number of aromatic amines is 1. The van der Waals surface area contributed by atoms with E-state index >= 15 is 0 Å². The van der Waals surface area contributed by atoms with E-state index < -0.39 is 17.3 Å². The molecule has 0 amide bonds. The lowest BCUT2D eigenvalue weighted by Crippen LogP contribution is -2.26. The molecule has 2 aromatic carbocycles. The number of H-pyrrole nitrogens is 1. The molecule has 0 aliphatic carbocycles. The first-order chi connectivity index (χ1) is 16.2. The summed E-state index contributed by atoms with van der Waals surface area (Å²) in [5, 5.41) is 18.4. The molecule has 4 aromatic rings. The minimum atomic E-state index is -3.04. The Hall–Kier alpha value is -3.49. The van der Waals surface area contributed by atoms with E-state index in [0.29, 0.717) is 30.9 Å². The lowest BCUT2D eigenvalue weighted by atomic mass is 9.97. The molecule has 7 nitrogen and oxygen atoms in total. The second kappa shape index (κ2) is 9.40. The Bertz CT molecular complexity index is 1220. The Morgan fingerprint density at radius 3 is 2.29 bits per heavy atom. The first kappa shape index (κ1) is 23.7. The smallest absolute Gasteiger partial charge is 0.244 e. The van der Waals surface area contributed by atoms with Gasteiger partial charge in [-0.3, -0.25) is 0 Å². The zero-order chi connectivity index (χ0) is 24.3. The van der Waals surface area contributed by atoms with Crippen molar-refractivity contribution < 1.29 is 8.78 Å². The van der Waals surface area contributed by atoms with Crippen LogP contribution in [0.4, 0.5) is 8.78 Å². The molecule has 0 aliphatic heterocycles. The van der Waals surface area contributed by atoms with E-state index in [1.54, 1.807) is 4.68 Å². The first-order valence-corrected chi connectivity index (χ1v) is 11.5. The highest BCUT2D eigenvalue weighted by atomic mass is 19.3. The third kappa shape index (κ3) is 5.03. The second-order valence-corrected chi connectivity index (χ2v) is 9.41. The average molecular weight is 466 g/mol. The number of nitrogens with zero attached hydrogens (tertiary/aromatic N) is 6. The first-order valence-electron chi connectivity index (χ1n) is 11.5. The summed E-state index contributed by atoms with van der Waals surface area (Å²) in [7, 11) is 0. The Labute approximate surface area is 197 Å². The zero-order valence-corrected chi connectivity index (χ0v) is 19.9. The predicted molar refractivity (Wildman–Crippen MR) is 126 cm³/mol. The van der Waals surface area contributed by atoms with Gasteiger partial charge >= 0.3 is 5.92 Å². The Kier molecular flexibility index (Phi) is 6.54. The van der Waals surface area contributed by atoms with Crippen LogP contribution in [0.1, 0.15) is 64.2 Å². The lowest BCUT2D eigenvalue weighted by Gasteiger charge is -2.21. The van der Waals surface area contributed by atoms with Crippen molar-refractivity contribution in [2.45, 2.75) is 64.8 Å². The highest BCUT2D eigenvalue weighted by molar-refractivity contribution is 5.80. The van der Waals surface area contributed by atoms with Gasteiger partial charge in [-0.2, -0.15) is 8.78 Å². The summed E-state index contributed by atoms with van der Waals surface area (Å²) in [5.74, 6) is -2.31. The molecule has 0 saturated carbocycles. The molecule has 4 rings (SSSR count). The molecule has 2 heterocycles. The molecule has 2 aromatic heterocycles. The Morgan fingerprint density at radius 2 is 1.68 bits per heavy atom. The van der Waals surface area contributed by atoms with Crippen molar-refractivity contribution in [3.05, 3.63) is 65.7 Å². The van der Waals surface area contributed by atoms with Gasteiger partial charge in [0.1, 0.15) is 5.82 Å². The number of hydrogen-bond acceptors (Lipinski definition) is 5. The molecule has 0 unspecified atom stereocenters. The number of alkyl halides is 2. The molecule has 34 heavy (non-hydrogen) atoms. The molecule has 0 bridgehead atoms. The van der Waals surface area contributed by atoms with Crippen LogP contribution < -0.4 is 0 Å². The highest BCUT2D eigenvalue weighted by Gasteiger charge is 2.37. The maximum Gasteiger partial charge on any atom is 0.308 e. The topological polar surface area (TPSA) is 85.2 Å². The summed E-state index contributed by atoms with van der Waals surface area (Å²) in [6.45, 7) is 7.72. The van der Waals surface area contributed by atoms with Crippen molar-refractivity contribution in [1.29, 1.82) is 0 Å². The standard InChI is InChI=1S/C25H29F2N7/c1-5-6-15-25(26,27)23-28-21(34(31-23)24(2,3)4)16-17-11-13-18(14-12-17)19-9-7-8-10-20(19)22-29-32-33-30-22/h7-14H,5-6,15-16H2,1-4H3,(H,29,30,32,33). The summed E-state index contributed by atoms with van der Waals surface area (Å²) < 4.78 is 31.0. The van der Waals surface area contributed by atoms with E-state index in [1.165, 1.54) is 0 Å². The fourth-order valence-corrected chi connectivity index (χ4v) is 3.86. The van der Waals surface area contributed by atoms with Gasteiger partial charge in [0.25, 0.3) is 0 Å². The van der Waals surface area contributed by atoms with Gasteiger partial charge in [-0.05, 0) is 54.3 Å². The van der Waals surface area contributed by atoms with Gasteiger partial charge in [-0.1, -0.05) is 61.9 Å². The number of hydrogen-bond donors (Lipinski definition) is 1. The third-order valence-corrected chi connectivity index (χ3v) is 5.64. The van der Waals surface area contributed by atoms with Gasteiger partial charge in [-0.25, -0.2) is 14.8 Å². The minimum Gasteiger partial charge on any atom is -0.244 e. The van der Waals surface area contributed by atoms with E-state index in [9.17, 15) is 8.78 Å². The Balaban J connectivity index is 1.62. The van der Waals surface area contributed by atoms with Gasteiger partial charge in [0, 0.05) is 18.4 Å². The van der Waals surface area contributed by atoms with Crippen molar-refractivity contribution in [3.8, 4) is 22.5 Å². The van der Waals surface area contributed by atoms with Crippen LogP contribution in [0.3, 0.4) is 0 Å². The van der Waals surface area contributed by atoms with Crippen molar-refractivity contribution in [2.24, 2.45) is 0 Å². The molecule has 1 N–H and O–H groups in total. The van der Waals surface area contributed by atoms with Gasteiger partial charge < -0.3 is 0 Å². The minimum absolute atomic E-state index is 0.244. The van der Waals surface area contributed by atoms with Gasteiger partial charge in [-0.15, -0.1) is 10.2 Å². The number of unbranched alkanes of at least 4 members (excludes halogenated alkanes) is 1. The second-order valence-electron chi connectivity index (χ2n) is 9.41. The molecular weight excluding hydrogens is 436 g/mol. The van der Waals surface area contributed by atoms with Gasteiger partial charge in [0.15, 0.2) is 5.82 Å². The number of tetrazole rings is 1. The SMILES string of the molecule is CCCCC(F)(F)c1nc(Cc2ccc(-c3ccccc3-c3nnn[nH]3)cc2)n(C(C)(C)C)n1. The maximum absolute atomic E-state index is 14.7. The molecule has 0 saturated heterocycles. The summed E-state index contributed by atoms with van der Waals surface area (Å²) in [6.07, 6.45) is 1.29. The molecule has 0 radical (unpaired) electrons. The summed E-state index contributed by atoms with van der Waals surface area (Å²) in [4.78, 5) is 4.30. The highest BCUT2D eigenvalue weighted by Crippen LogP contribution is 2.33. The van der Waals surface area contributed by atoms with Crippen LogP contribution in [-0.2, 0) is 17.9 Å². The largest absolute Gasteiger partial charge is 0.308 e. The van der Waals surface area contributed by atoms with Gasteiger partial charge in [0.2, 0.25) is 5.82 Å². The molecule has 9 heteroatoms. The number of nitrogens with one attached hydrogen (secondary N) is 1. The van der Waals surface area contributed by atoms with Crippen molar-refractivity contribution in [1.82, 2.24) is 35.4 Å². The van der Waals surface area contributed by atoms with Crippen molar-refractivity contribution in [2.75, 3.05) is 0 Å².